The van der Waals surface area contributed by atoms with E-state index in [-0.39, 0.29) is 17.9 Å². The fraction of sp³-hybridized carbons (Fsp3) is 0.222. The van der Waals surface area contributed by atoms with Crippen molar-refractivity contribution in [3.05, 3.63) is 34.1 Å². The number of amides is 1. The monoisotopic (exact) mass is 227 g/mol. The minimum absolute atomic E-state index is 0.138. The van der Waals surface area contributed by atoms with E-state index in [1.807, 2.05) is 0 Å². The molecule has 1 rings (SSSR count). The maximum Gasteiger partial charge on any atom is 0.274 e. The molecule has 0 atom stereocenters. The normalized spacial score (nSPS) is 9.88. The number of nitrogens with two attached hydrogens (primary N) is 1. The molecule has 86 valence electrons. The number of rotatable bonds is 4. The largest absolute Gasteiger partial charge is 0.368 e. The number of hydrogen-bond donors (Lipinski definition) is 1. The summed E-state index contributed by atoms with van der Waals surface area (Å²) < 4.78 is 13.0. The number of carbonyl (C=O) groups excluding carboxylic acids is 1. The molecule has 0 saturated heterocycles. The summed E-state index contributed by atoms with van der Waals surface area (Å²) in [5, 5.41) is 10.5. The number of non-ortho nitro benzene ring substituents is 1. The van der Waals surface area contributed by atoms with Gasteiger partial charge in [0, 0.05) is 18.8 Å². The molecule has 16 heavy (non-hydrogen) atoms. The van der Waals surface area contributed by atoms with Crippen LogP contribution in [-0.4, -0.2) is 24.4 Å². The summed E-state index contributed by atoms with van der Waals surface area (Å²) in [6.07, 6.45) is 0. The Morgan fingerprint density at radius 1 is 1.56 bits per heavy atom. The van der Waals surface area contributed by atoms with Gasteiger partial charge < -0.3 is 10.6 Å². The summed E-state index contributed by atoms with van der Waals surface area (Å²) in [6.45, 7) is -0.138. The van der Waals surface area contributed by atoms with Gasteiger partial charge in [-0.05, 0) is 6.07 Å². The molecule has 0 heterocycles. The molecule has 0 radical (unpaired) electrons. The number of likely N-dealkylation sites (N-methyl/N-ethyl adjacent to an activating group) is 1. The summed E-state index contributed by atoms with van der Waals surface area (Å²) >= 11 is 0. The number of carbonyl (C=O) groups is 1. The average molecular weight is 227 g/mol. The van der Waals surface area contributed by atoms with Crippen LogP contribution in [0.25, 0.3) is 0 Å². The van der Waals surface area contributed by atoms with Crippen molar-refractivity contribution in [2.75, 3.05) is 18.5 Å². The first-order valence-electron chi connectivity index (χ1n) is 4.34. The second-order valence-corrected chi connectivity index (χ2v) is 3.25. The molecule has 1 amide bonds. The maximum absolute atomic E-state index is 13.0. The predicted octanol–water partition coefficient (Wildman–Crippen LogP) is 0.655. The van der Waals surface area contributed by atoms with E-state index in [1.54, 1.807) is 0 Å². The van der Waals surface area contributed by atoms with Crippen molar-refractivity contribution in [1.82, 2.24) is 0 Å². The lowest BCUT2D eigenvalue weighted by atomic mass is 10.2. The summed E-state index contributed by atoms with van der Waals surface area (Å²) in [5.74, 6) is -1.34. The molecule has 0 aromatic heterocycles. The van der Waals surface area contributed by atoms with Gasteiger partial charge in [0.05, 0.1) is 17.5 Å². The van der Waals surface area contributed by atoms with Gasteiger partial charge in [0.25, 0.3) is 5.69 Å². The standard InChI is InChI=1S/C9H10FN3O3/c1-12(5-9(11)14)7-2-6(10)3-8(4-7)13(15)16/h2-4H,5H2,1H3,(H2,11,14). The molecule has 2 N–H and O–H groups in total. The smallest absolute Gasteiger partial charge is 0.274 e. The molecule has 0 aliphatic heterocycles. The van der Waals surface area contributed by atoms with Crippen molar-refractivity contribution < 1.29 is 14.1 Å². The van der Waals surface area contributed by atoms with Crippen LogP contribution in [0.4, 0.5) is 15.8 Å². The third kappa shape index (κ3) is 2.91. The van der Waals surface area contributed by atoms with Crippen LogP contribution in [0.3, 0.4) is 0 Å². The SMILES string of the molecule is CN(CC(N)=O)c1cc(F)cc([N+](=O)[O-])c1. The first-order valence-corrected chi connectivity index (χ1v) is 4.34. The molecular formula is C9H10FN3O3. The third-order valence-corrected chi connectivity index (χ3v) is 1.91. The number of nitro benzene ring substituents is 1. The van der Waals surface area contributed by atoms with Crippen molar-refractivity contribution >= 4 is 17.3 Å². The molecule has 6 nitrogen and oxygen atoms in total. The van der Waals surface area contributed by atoms with Crippen LogP contribution in [-0.2, 0) is 4.79 Å². The molecule has 0 aliphatic carbocycles. The molecule has 0 saturated carbocycles. The molecule has 0 aliphatic rings. The summed E-state index contributed by atoms with van der Waals surface area (Å²) in [6, 6.07) is 3.07. The van der Waals surface area contributed by atoms with E-state index in [1.165, 1.54) is 18.0 Å². The van der Waals surface area contributed by atoms with Crippen LogP contribution in [0, 0.1) is 15.9 Å². The number of nitrogens with zero attached hydrogens (tertiary/aromatic N) is 2. The Morgan fingerprint density at radius 2 is 2.19 bits per heavy atom. The summed E-state index contributed by atoms with van der Waals surface area (Å²) in [5.41, 5.74) is 4.82. The Hall–Kier alpha value is -2.18. The zero-order valence-corrected chi connectivity index (χ0v) is 8.51. The first kappa shape index (κ1) is 11.9. The van der Waals surface area contributed by atoms with Gasteiger partial charge in [0.15, 0.2) is 0 Å². The second-order valence-electron chi connectivity index (χ2n) is 3.25. The van der Waals surface area contributed by atoms with Crippen molar-refractivity contribution in [1.29, 1.82) is 0 Å². The van der Waals surface area contributed by atoms with E-state index in [2.05, 4.69) is 0 Å². The lowest BCUT2D eigenvalue weighted by molar-refractivity contribution is -0.385. The van der Waals surface area contributed by atoms with E-state index in [0.717, 1.165) is 12.1 Å². The fourth-order valence-electron chi connectivity index (χ4n) is 1.21. The number of nitro groups is 1. The van der Waals surface area contributed by atoms with Crippen LogP contribution in [0.15, 0.2) is 18.2 Å². The number of anilines is 1. The zero-order valence-electron chi connectivity index (χ0n) is 8.51. The number of benzene rings is 1. The van der Waals surface area contributed by atoms with Crippen LogP contribution >= 0.6 is 0 Å². The van der Waals surface area contributed by atoms with Crippen molar-refractivity contribution in [2.45, 2.75) is 0 Å². The minimum atomic E-state index is -0.736. The highest BCUT2D eigenvalue weighted by atomic mass is 19.1. The molecule has 7 heteroatoms. The van der Waals surface area contributed by atoms with Gasteiger partial charge in [0.2, 0.25) is 5.91 Å². The van der Waals surface area contributed by atoms with Gasteiger partial charge >= 0.3 is 0 Å². The van der Waals surface area contributed by atoms with E-state index < -0.39 is 16.6 Å². The van der Waals surface area contributed by atoms with Crippen molar-refractivity contribution in [3.63, 3.8) is 0 Å². The average Bonchev–Trinajstić information content (AvgIpc) is 2.15. The van der Waals surface area contributed by atoms with Crippen LogP contribution in [0.2, 0.25) is 0 Å². The lowest BCUT2D eigenvalue weighted by Crippen LogP contribution is -2.30. The van der Waals surface area contributed by atoms with Gasteiger partial charge in [-0.25, -0.2) is 4.39 Å². The molecule has 1 aromatic carbocycles. The second kappa shape index (κ2) is 4.56. The fourth-order valence-corrected chi connectivity index (χ4v) is 1.21. The Kier molecular flexibility index (Phi) is 3.39. The zero-order chi connectivity index (χ0) is 12.3. The number of halogens is 1. The maximum atomic E-state index is 13.0. The van der Waals surface area contributed by atoms with E-state index >= 15 is 0 Å². The van der Waals surface area contributed by atoms with E-state index in [0.29, 0.717) is 0 Å². The molecule has 0 bridgehead atoms. The number of hydrogen-bond acceptors (Lipinski definition) is 4. The van der Waals surface area contributed by atoms with E-state index in [4.69, 9.17) is 5.73 Å². The van der Waals surface area contributed by atoms with Crippen LogP contribution < -0.4 is 10.6 Å². The van der Waals surface area contributed by atoms with Gasteiger partial charge in [-0.1, -0.05) is 0 Å². The summed E-state index contributed by atoms with van der Waals surface area (Å²) in [7, 11) is 1.49. The first-order chi connectivity index (χ1) is 7.40. The van der Waals surface area contributed by atoms with Crippen molar-refractivity contribution in [2.24, 2.45) is 5.73 Å². The van der Waals surface area contributed by atoms with Crippen molar-refractivity contribution in [3.8, 4) is 0 Å². The highest BCUT2D eigenvalue weighted by molar-refractivity contribution is 5.79. The topological polar surface area (TPSA) is 89.5 Å². The molecular weight excluding hydrogens is 217 g/mol. The Balaban J connectivity index is 3.04. The van der Waals surface area contributed by atoms with E-state index in [9.17, 15) is 19.3 Å². The molecule has 0 spiro atoms. The predicted molar refractivity (Wildman–Crippen MR) is 55.5 cm³/mol. The third-order valence-electron chi connectivity index (χ3n) is 1.91. The Morgan fingerprint density at radius 3 is 2.69 bits per heavy atom. The van der Waals surface area contributed by atoms with Gasteiger partial charge in [-0.3, -0.25) is 14.9 Å². The lowest BCUT2D eigenvalue weighted by Gasteiger charge is -2.16. The Bertz CT molecular complexity index is 436. The highest BCUT2D eigenvalue weighted by Gasteiger charge is 2.13. The van der Waals surface area contributed by atoms with Crippen LogP contribution in [0.1, 0.15) is 0 Å². The number of primary amides is 1. The highest BCUT2D eigenvalue weighted by Crippen LogP contribution is 2.22. The quantitative estimate of drug-likeness (QED) is 0.604. The summed E-state index contributed by atoms with van der Waals surface area (Å²) in [4.78, 5) is 21.7. The molecule has 0 unspecified atom stereocenters. The molecule has 1 aromatic rings. The van der Waals surface area contributed by atoms with Crippen LogP contribution in [0.5, 0.6) is 0 Å². The molecule has 0 fully saturated rings. The van der Waals surface area contributed by atoms with Gasteiger partial charge in [0.1, 0.15) is 5.82 Å². The Labute approximate surface area is 90.6 Å². The van der Waals surface area contributed by atoms with Gasteiger partial charge in [-0.2, -0.15) is 0 Å². The minimum Gasteiger partial charge on any atom is -0.368 e. The van der Waals surface area contributed by atoms with Gasteiger partial charge in [-0.15, -0.1) is 0 Å².